The first-order chi connectivity index (χ1) is 16.2. The number of amides is 1. The van der Waals surface area contributed by atoms with Crippen LogP contribution in [0, 0.1) is 0 Å². The molecule has 0 unspecified atom stereocenters. The van der Waals surface area contributed by atoms with Crippen LogP contribution in [0.25, 0.3) is 21.3 Å². The van der Waals surface area contributed by atoms with Crippen LogP contribution in [0.15, 0.2) is 69.9 Å². The molecule has 0 aliphatic carbocycles. The maximum atomic E-state index is 13.2. The van der Waals surface area contributed by atoms with Gasteiger partial charge in [0.05, 0.1) is 18.8 Å². The second kappa shape index (κ2) is 9.37. The van der Waals surface area contributed by atoms with Gasteiger partial charge in [-0.2, -0.15) is 0 Å². The fourth-order valence-electron chi connectivity index (χ4n) is 3.42. The molecular formula is C23H22N4O5S2. The van der Waals surface area contributed by atoms with E-state index in [0.29, 0.717) is 10.2 Å². The van der Waals surface area contributed by atoms with Gasteiger partial charge in [-0.1, -0.05) is 30.3 Å². The van der Waals surface area contributed by atoms with Crippen LogP contribution in [0.1, 0.15) is 0 Å². The Balaban J connectivity index is 1.62. The molecule has 0 atom stereocenters. The van der Waals surface area contributed by atoms with Crippen LogP contribution < -0.4 is 15.6 Å². The van der Waals surface area contributed by atoms with E-state index in [9.17, 15) is 18.0 Å². The van der Waals surface area contributed by atoms with Crippen molar-refractivity contribution in [3.63, 3.8) is 0 Å². The standard InChI is InChI=1S/C23H22N4O5S2/c1-26(2)34(30,31)19-11-16(9-10-18(19)32-3)25-20(28)12-27-14-24-22-21(23(27)29)17(13-33-22)15-7-5-4-6-8-15/h4-11,13-14H,12H2,1-3H3,(H,25,28). The van der Waals surface area contributed by atoms with Crippen LogP contribution in [-0.2, 0) is 21.4 Å². The summed E-state index contributed by atoms with van der Waals surface area (Å²) in [6.07, 6.45) is 1.34. The molecule has 0 radical (unpaired) electrons. The zero-order valence-corrected chi connectivity index (χ0v) is 20.3. The Morgan fingerprint density at radius 2 is 1.91 bits per heavy atom. The molecule has 0 fully saturated rings. The predicted molar refractivity (Wildman–Crippen MR) is 132 cm³/mol. The zero-order chi connectivity index (χ0) is 24.5. The number of hydrogen-bond donors (Lipinski definition) is 1. The van der Waals surface area contributed by atoms with Crippen LogP contribution in [-0.4, -0.2) is 49.4 Å². The van der Waals surface area contributed by atoms with Crippen LogP contribution >= 0.6 is 11.3 Å². The highest BCUT2D eigenvalue weighted by Gasteiger charge is 2.23. The average molecular weight is 499 g/mol. The van der Waals surface area contributed by atoms with Crippen molar-refractivity contribution >= 4 is 43.2 Å². The molecular weight excluding hydrogens is 476 g/mol. The Morgan fingerprint density at radius 3 is 2.59 bits per heavy atom. The van der Waals surface area contributed by atoms with Crippen LogP contribution in [0.2, 0.25) is 0 Å². The lowest BCUT2D eigenvalue weighted by atomic mass is 10.1. The Bertz CT molecular complexity index is 1530. The van der Waals surface area contributed by atoms with Crippen molar-refractivity contribution in [1.82, 2.24) is 13.9 Å². The zero-order valence-electron chi connectivity index (χ0n) is 18.7. The number of anilines is 1. The molecule has 11 heteroatoms. The number of carbonyl (C=O) groups is 1. The van der Waals surface area contributed by atoms with E-state index in [1.165, 1.54) is 61.6 Å². The van der Waals surface area contributed by atoms with Crippen molar-refractivity contribution in [3.05, 3.63) is 70.6 Å². The quantitative estimate of drug-likeness (QED) is 0.419. The number of ether oxygens (including phenoxy) is 1. The number of thiophene rings is 1. The minimum Gasteiger partial charge on any atom is -0.495 e. The van der Waals surface area contributed by atoms with Gasteiger partial charge in [-0.25, -0.2) is 17.7 Å². The smallest absolute Gasteiger partial charge is 0.263 e. The summed E-state index contributed by atoms with van der Waals surface area (Å²) >= 11 is 1.37. The van der Waals surface area contributed by atoms with Crippen LogP contribution in [0.5, 0.6) is 5.75 Å². The Kier molecular flexibility index (Phi) is 6.51. The summed E-state index contributed by atoms with van der Waals surface area (Å²) in [7, 11) is 0.380. The number of nitrogens with zero attached hydrogens (tertiary/aromatic N) is 3. The lowest BCUT2D eigenvalue weighted by Gasteiger charge is -2.16. The highest BCUT2D eigenvalue weighted by atomic mass is 32.2. The first-order valence-corrected chi connectivity index (χ1v) is 12.5. The number of nitrogens with one attached hydrogen (secondary N) is 1. The van der Waals surface area contributed by atoms with E-state index >= 15 is 0 Å². The van der Waals surface area contributed by atoms with Gasteiger partial charge in [0.2, 0.25) is 15.9 Å². The van der Waals surface area contributed by atoms with Crippen molar-refractivity contribution < 1.29 is 17.9 Å². The molecule has 0 spiro atoms. The number of hydrogen-bond acceptors (Lipinski definition) is 7. The summed E-state index contributed by atoms with van der Waals surface area (Å²) in [5, 5.41) is 4.98. The first-order valence-electron chi connectivity index (χ1n) is 10.1. The summed E-state index contributed by atoms with van der Waals surface area (Å²) in [5.41, 5.74) is 1.59. The third-order valence-electron chi connectivity index (χ3n) is 5.17. The number of carbonyl (C=O) groups excluding carboxylic acids is 1. The molecule has 2 aromatic heterocycles. The van der Waals surface area contributed by atoms with Crippen LogP contribution in [0.3, 0.4) is 0 Å². The maximum Gasteiger partial charge on any atom is 0.263 e. The molecule has 34 heavy (non-hydrogen) atoms. The molecule has 2 heterocycles. The third kappa shape index (κ3) is 4.45. The average Bonchev–Trinajstić information content (AvgIpc) is 3.26. The number of aromatic nitrogens is 2. The lowest BCUT2D eigenvalue weighted by molar-refractivity contribution is -0.116. The van der Waals surface area contributed by atoms with E-state index < -0.39 is 15.9 Å². The van der Waals surface area contributed by atoms with Gasteiger partial charge in [0, 0.05) is 30.7 Å². The Hall–Kier alpha value is -3.54. The molecule has 0 bridgehead atoms. The molecule has 4 rings (SSSR count). The van der Waals surface area contributed by atoms with Crippen molar-refractivity contribution in [2.45, 2.75) is 11.4 Å². The van der Waals surface area contributed by atoms with E-state index in [4.69, 9.17) is 4.74 Å². The monoisotopic (exact) mass is 498 g/mol. The van der Waals surface area contributed by atoms with E-state index in [0.717, 1.165) is 15.4 Å². The number of fused-ring (bicyclic) bond motifs is 1. The second-order valence-electron chi connectivity index (χ2n) is 7.57. The molecule has 0 aliphatic rings. The molecule has 9 nitrogen and oxygen atoms in total. The number of benzene rings is 2. The maximum absolute atomic E-state index is 13.2. The third-order valence-corrected chi connectivity index (χ3v) is 7.89. The number of rotatable bonds is 7. The van der Waals surface area contributed by atoms with E-state index in [2.05, 4.69) is 10.3 Å². The highest BCUT2D eigenvalue weighted by Crippen LogP contribution is 2.31. The Morgan fingerprint density at radius 1 is 1.18 bits per heavy atom. The number of methoxy groups -OCH3 is 1. The minimum absolute atomic E-state index is 0.0798. The molecule has 0 aliphatic heterocycles. The highest BCUT2D eigenvalue weighted by molar-refractivity contribution is 7.89. The van der Waals surface area contributed by atoms with E-state index in [1.807, 2.05) is 35.7 Å². The Labute approximate surface area is 200 Å². The predicted octanol–water partition coefficient (Wildman–Crippen LogP) is 3.02. The molecule has 1 amide bonds. The summed E-state index contributed by atoms with van der Waals surface area (Å²) in [4.78, 5) is 30.7. The van der Waals surface area contributed by atoms with Gasteiger partial charge < -0.3 is 10.1 Å². The summed E-state index contributed by atoms with van der Waals surface area (Å²) in [6.45, 7) is -0.284. The SMILES string of the molecule is COc1ccc(NC(=O)Cn2cnc3scc(-c4ccccc4)c3c2=O)cc1S(=O)(=O)N(C)C. The molecule has 176 valence electrons. The van der Waals surface area contributed by atoms with Crippen LogP contribution in [0.4, 0.5) is 5.69 Å². The molecule has 4 aromatic rings. The van der Waals surface area contributed by atoms with Gasteiger partial charge in [-0.05, 0) is 23.8 Å². The van der Waals surface area contributed by atoms with Crippen molar-refractivity contribution in [1.29, 1.82) is 0 Å². The fourth-order valence-corrected chi connectivity index (χ4v) is 5.40. The summed E-state index contributed by atoms with van der Waals surface area (Å²) in [5.74, 6) is -0.346. The lowest BCUT2D eigenvalue weighted by Crippen LogP contribution is -2.28. The van der Waals surface area contributed by atoms with Gasteiger partial charge in [-0.15, -0.1) is 11.3 Å². The largest absolute Gasteiger partial charge is 0.495 e. The van der Waals surface area contributed by atoms with Gasteiger partial charge >= 0.3 is 0 Å². The van der Waals surface area contributed by atoms with Gasteiger partial charge in [0.1, 0.15) is 22.0 Å². The van der Waals surface area contributed by atoms with Gasteiger partial charge in [-0.3, -0.25) is 14.2 Å². The van der Waals surface area contributed by atoms with Crippen molar-refractivity contribution in [2.75, 3.05) is 26.5 Å². The fraction of sp³-hybridized carbons (Fsp3) is 0.174. The van der Waals surface area contributed by atoms with Crippen molar-refractivity contribution in [3.8, 4) is 16.9 Å². The topological polar surface area (TPSA) is 111 Å². The summed E-state index contributed by atoms with van der Waals surface area (Å²) < 4.78 is 32.7. The summed E-state index contributed by atoms with van der Waals surface area (Å²) in [6, 6.07) is 13.8. The molecule has 0 saturated carbocycles. The van der Waals surface area contributed by atoms with Crippen molar-refractivity contribution in [2.24, 2.45) is 0 Å². The van der Waals surface area contributed by atoms with E-state index in [1.54, 1.807) is 0 Å². The van der Waals surface area contributed by atoms with Gasteiger partial charge in [0.15, 0.2) is 0 Å². The minimum atomic E-state index is -3.80. The van der Waals surface area contributed by atoms with Gasteiger partial charge in [0.25, 0.3) is 5.56 Å². The molecule has 2 aromatic carbocycles. The molecule has 1 N–H and O–H groups in total. The van der Waals surface area contributed by atoms with E-state index in [-0.39, 0.29) is 28.4 Å². The number of sulfonamides is 1. The normalized spacial score (nSPS) is 11.6. The first kappa shape index (κ1) is 23.6. The second-order valence-corrected chi connectivity index (χ2v) is 10.6. The molecule has 0 saturated heterocycles.